The molecular weight excluding hydrogens is 421 g/mol. The van der Waals surface area contributed by atoms with Gasteiger partial charge in [0.15, 0.2) is 0 Å². The van der Waals surface area contributed by atoms with Crippen LogP contribution in [0.5, 0.6) is 5.75 Å². The van der Waals surface area contributed by atoms with E-state index in [0.717, 1.165) is 21.7 Å². The number of carbonyl (C=O) groups excluding carboxylic acids is 1. The zero-order valence-electron chi connectivity index (χ0n) is 11.2. The van der Waals surface area contributed by atoms with Crippen LogP contribution in [-0.2, 0) is 0 Å². The number of phenols is 1. The van der Waals surface area contributed by atoms with Crippen LogP contribution < -0.4 is 5.32 Å². The van der Waals surface area contributed by atoms with E-state index < -0.39 is 0 Å². The van der Waals surface area contributed by atoms with Gasteiger partial charge in [-0.3, -0.25) is 4.79 Å². The Morgan fingerprint density at radius 3 is 2.79 bits per heavy atom. The van der Waals surface area contributed by atoms with Crippen molar-refractivity contribution in [3.63, 3.8) is 0 Å². The number of carbonyl (C=O) groups is 1. The van der Waals surface area contributed by atoms with E-state index in [0.29, 0.717) is 12.1 Å². The van der Waals surface area contributed by atoms with E-state index in [1.165, 1.54) is 0 Å². The standard InChI is InChI=1S/C14H19BrINO2/c1-14(2,6-3-7-15)9-17-13(19)11-8-10(16)4-5-12(11)18/h4-5,8,18H,3,6-7,9H2,1-2H3,(H,17,19). The Bertz CT molecular complexity index is 449. The SMILES string of the molecule is CC(C)(CCCBr)CNC(=O)c1cc(I)ccc1O. The maximum atomic E-state index is 12.1. The third-order valence-corrected chi connectivity index (χ3v) is 4.15. The van der Waals surface area contributed by atoms with Crippen LogP contribution in [-0.4, -0.2) is 22.9 Å². The molecule has 0 radical (unpaired) electrons. The second kappa shape index (κ2) is 7.47. The molecule has 3 nitrogen and oxygen atoms in total. The van der Waals surface area contributed by atoms with Gasteiger partial charge in [0.2, 0.25) is 0 Å². The summed E-state index contributed by atoms with van der Waals surface area (Å²) in [4.78, 5) is 12.1. The Labute approximate surface area is 136 Å². The molecule has 0 spiro atoms. The number of alkyl halides is 1. The zero-order valence-corrected chi connectivity index (χ0v) is 14.9. The van der Waals surface area contributed by atoms with Gasteiger partial charge >= 0.3 is 0 Å². The average Bonchev–Trinajstić information content (AvgIpc) is 2.36. The summed E-state index contributed by atoms with van der Waals surface area (Å²) in [6.07, 6.45) is 2.12. The molecule has 0 saturated carbocycles. The minimum Gasteiger partial charge on any atom is -0.507 e. The van der Waals surface area contributed by atoms with Crippen molar-refractivity contribution < 1.29 is 9.90 Å². The molecule has 0 aromatic heterocycles. The maximum absolute atomic E-state index is 12.1. The molecule has 2 N–H and O–H groups in total. The largest absolute Gasteiger partial charge is 0.507 e. The van der Waals surface area contributed by atoms with Crippen LogP contribution in [0.25, 0.3) is 0 Å². The molecule has 106 valence electrons. The molecule has 1 aromatic carbocycles. The lowest BCUT2D eigenvalue weighted by Gasteiger charge is -2.24. The fourth-order valence-corrected chi connectivity index (χ4v) is 2.51. The molecule has 0 aliphatic rings. The molecule has 0 aliphatic carbocycles. The summed E-state index contributed by atoms with van der Waals surface area (Å²) in [5.74, 6) is -0.195. The highest BCUT2D eigenvalue weighted by molar-refractivity contribution is 14.1. The Balaban J connectivity index is 2.62. The normalized spacial score (nSPS) is 11.4. The summed E-state index contributed by atoms with van der Waals surface area (Å²) in [5.41, 5.74) is 0.393. The molecular formula is C14H19BrINO2. The Morgan fingerprint density at radius 2 is 2.16 bits per heavy atom. The molecule has 0 heterocycles. The first-order chi connectivity index (χ1) is 8.85. The van der Waals surface area contributed by atoms with Crippen LogP contribution in [0, 0.1) is 8.99 Å². The summed E-state index contributed by atoms with van der Waals surface area (Å²) in [5, 5.41) is 13.6. The summed E-state index contributed by atoms with van der Waals surface area (Å²) in [7, 11) is 0. The van der Waals surface area contributed by atoms with Crippen LogP contribution in [0.2, 0.25) is 0 Å². The molecule has 0 unspecified atom stereocenters. The maximum Gasteiger partial charge on any atom is 0.255 e. The number of phenolic OH excluding ortho intramolecular Hbond substituents is 1. The van der Waals surface area contributed by atoms with Gasteiger partial charge in [0.05, 0.1) is 5.56 Å². The van der Waals surface area contributed by atoms with Crippen molar-refractivity contribution in [2.24, 2.45) is 5.41 Å². The number of amides is 1. The summed E-state index contributed by atoms with van der Waals surface area (Å²) < 4.78 is 0.930. The first-order valence-corrected chi connectivity index (χ1v) is 8.38. The second-order valence-electron chi connectivity index (χ2n) is 5.30. The van der Waals surface area contributed by atoms with Crippen molar-refractivity contribution in [3.8, 4) is 5.75 Å². The number of hydrogen-bond acceptors (Lipinski definition) is 2. The number of hydrogen-bond donors (Lipinski definition) is 2. The Kier molecular flexibility index (Phi) is 6.59. The van der Waals surface area contributed by atoms with E-state index in [4.69, 9.17) is 0 Å². The van der Waals surface area contributed by atoms with Crippen molar-refractivity contribution in [2.45, 2.75) is 26.7 Å². The summed E-state index contributed by atoms with van der Waals surface area (Å²) >= 11 is 5.54. The Morgan fingerprint density at radius 1 is 1.47 bits per heavy atom. The van der Waals surface area contributed by atoms with Crippen molar-refractivity contribution in [3.05, 3.63) is 27.3 Å². The highest BCUT2D eigenvalue weighted by Crippen LogP contribution is 2.23. The van der Waals surface area contributed by atoms with Crippen LogP contribution in [0.4, 0.5) is 0 Å². The van der Waals surface area contributed by atoms with Crippen molar-refractivity contribution in [1.82, 2.24) is 5.32 Å². The number of rotatable bonds is 6. The fraction of sp³-hybridized carbons (Fsp3) is 0.500. The molecule has 5 heteroatoms. The fourth-order valence-electron chi connectivity index (χ4n) is 1.74. The molecule has 1 rings (SSSR count). The number of nitrogens with one attached hydrogen (secondary N) is 1. The van der Waals surface area contributed by atoms with E-state index >= 15 is 0 Å². The van der Waals surface area contributed by atoms with Crippen LogP contribution in [0.15, 0.2) is 18.2 Å². The van der Waals surface area contributed by atoms with Gasteiger partial charge < -0.3 is 10.4 Å². The summed E-state index contributed by atoms with van der Waals surface area (Å²) in [6.45, 7) is 4.86. The van der Waals surface area contributed by atoms with Gasteiger partial charge in [0.25, 0.3) is 5.91 Å². The predicted molar refractivity (Wildman–Crippen MR) is 90.0 cm³/mol. The third kappa shape index (κ3) is 5.69. The lowest BCUT2D eigenvalue weighted by molar-refractivity contribution is 0.0932. The van der Waals surface area contributed by atoms with E-state index in [9.17, 15) is 9.90 Å². The highest BCUT2D eigenvalue weighted by atomic mass is 127. The molecule has 1 amide bonds. The van der Waals surface area contributed by atoms with Crippen molar-refractivity contribution in [2.75, 3.05) is 11.9 Å². The average molecular weight is 440 g/mol. The van der Waals surface area contributed by atoms with Crippen molar-refractivity contribution >= 4 is 44.4 Å². The quantitative estimate of drug-likeness (QED) is 0.521. The van der Waals surface area contributed by atoms with E-state index in [1.807, 2.05) is 0 Å². The molecule has 0 bridgehead atoms. The second-order valence-corrected chi connectivity index (χ2v) is 7.34. The van der Waals surface area contributed by atoms with E-state index in [1.54, 1.807) is 18.2 Å². The van der Waals surface area contributed by atoms with Crippen molar-refractivity contribution in [1.29, 1.82) is 0 Å². The van der Waals surface area contributed by atoms with Gasteiger partial charge in [-0.1, -0.05) is 29.8 Å². The van der Waals surface area contributed by atoms with Gasteiger partial charge in [-0.25, -0.2) is 0 Å². The zero-order chi connectivity index (χ0) is 14.5. The monoisotopic (exact) mass is 439 g/mol. The lowest BCUT2D eigenvalue weighted by atomic mass is 9.88. The smallest absolute Gasteiger partial charge is 0.255 e. The molecule has 1 aromatic rings. The van der Waals surface area contributed by atoms with Crippen LogP contribution in [0.1, 0.15) is 37.0 Å². The minimum atomic E-state index is -0.220. The molecule has 0 aliphatic heterocycles. The third-order valence-electron chi connectivity index (χ3n) is 2.92. The molecule has 19 heavy (non-hydrogen) atoms. The van der Waals surface area contributed by atoms with Crippen LogP contribution >= 0.6 is 38.5 Å². The van der Waals surface area contributed by atoms with Gasteiger partial charge in [-0.15, -0.1) is 0 Å². The van der Waals surface area contributed by atoms with E-state index in [-0.39, 0.29) is 17.1 Å². The van der Waals surface area contributed by atoms with Gasteiger partial charge in [0, 0.05) is 15.4 Å². The predicted octanol–water partition coefficient (Wildman–Crippen LogP) is 3.93. The van der Waals surface area contributed by atoms with Crippen LogP contribution in [0.3, 0.4) is 0 Å². The Hall–Kier alpha value is -0.300. The van der Waals surface area contributed by atoms with E-state index in [2.05, 4.69) is 57.7 Å². The molecule has 0 fully saturated rings. The first kappa shape index (κ1) is 16.8. The van der Waals surface area contributed by atoms with Gasteiger partial charge in [0.1, 0.15) is 5.75 Å². The molecule has 0 atom stereocenters. The lowest BCUT2D eigenvalue weighted by Crippen LogP contribution is -2.34. The first-order valence-electron chi connectivity index (χ1n) is 6.18. The molecule has 0 saturated heterocycles. The topological polar surface area (TPSA) is 49.3 Å². The number of aromatic hydroxyl groups is 1. The van der Waals surface area contributed by atoms with Gasteiger partial charge in [-0.05, 0) is 59.0 Å². The minimum absolute atomic E-state index is 0.0242. The highest BCUT2D eigenvalue weighted by Gasteiger charge is 2.19. The number of benzene rings is 1. The summed E-state index contributed by atoms with van der Waals surface area (Å²) in [6, 6.07) is 5.01. The van der Waals surface area contributed by atoms with Gasteiger partial charge in [-0.2, -0.15) is 0 Å². The number of halogens is 2.